The van der Waals surface area contributed by atoms with Crippen molar-refractivity contribution >= 4 is 5.78 Å². The minimum atomic E-state index is 0.147. The average molecular weight is 346 g/mol. The molecule has 0 aliphatic heterocycles. The summed E-state index contributed by atoms with van der Waals surface area (Å²) in [6, 6.07) is 26.3. The molecule has 2 heteroatoms. The van der Waals surface area contributed by atoms with E-state index in [-0.39, 0.29) is 5.78 Å². The van der Waals surface area contributed by atoms with Gasteiger partial charge in [-0.05, 0) is 41.3 Å². The van der Waals surface area contributed by atoms with Crippen molar-refractivity contribution in [1.82, 2.24) is 0 Å². The van der Waals surface area contributed by atoms with Crippen LogP contribution in [0.15, 0.2) is 78.9 Å². The zero-order valence-electron chi connectivity index (χ0n) is 15.7. The molecule has 0 saturated heterocycles. The first-order valence-electron chi connectivity index (χ1n) is 9.06. The number of Topliss-reactive ketones (excluding diaryl/α,β-unsaturated/α-hetero) is 1. The molecule has 0 radical (unpaired) electrons. The maximum Gasteiger partial charge on any atom is 0.134 e. The molecule has 0 unspecified atom stereocenters. The number of benzene rings is 3. The van der Waals surface area contributed by atoms with Crippen LogP contribution < -0.4 is 4.74 Å². The van der Waals surface area contributed by atoms with E-state index in [2.05, 4.69) is 18.2 Å². The van der Waals surface area contributed by atoms with Gasteiger partial charge in [-0.25, -0.2) is 0 Å². The highest BCUT2D eigenvalue weighted by Gasteiger charge is 2.06. The topological polar surface area (TPSA) is 26.3 Å². The third-order valence-electron chi connectivity index (χ3n) is 3.77. The second-order valence-corrected chi connectivity index (χ2v) is 5.88. The molecule has 26 heavy (non-hydrogen) atoms. The van der Waals surface area contributed by atoms with Crippen LogP contribution in [-0.4, -0.2) is 5.78 Å². The Morgan fingerprint density at radius 2 is 1.38 bits per heavy atom. The lowest BCUT2D eigenvalue weighted by Crippen LogP contribution is -2.00. The molecule has 3 rings (SSSR count). The summed E-state index contributed by atoms with van der Waals surface area (Å²) in [6.07, 6.45) is 0.419. The quantitative estimate of drug-likeness (QED) is 0.540. The Morgan fingerprint density at radius 3 is 2.00 bits per heavy atom. The Bertz CT molecular complexity index is 808. The van der Waals surface area contributed by atoms with Gasteiger partial charge >= 0.3 is 0 Å². The molecule has 134 valence electrons. The van der Waals surface area contributed by atoms with Crippen LogP contribution in [0.1, 0.15) is 31.9 Å². The highest BCUT2D eigenvalue weighted by atomic mass is 16.5. The first-order chi connectivity index (χ1) is 12.7. The fraction of sp³-hybridized carbons (Fsp3) is 0.208. The van der Waals surface area contributed by atoms with E-state index >= 15 is 0 Å². The van der Waals surface area contributed by atoms with Crippen molar-refractivity contribution in [3.63, 3.8) is 0 Å². The largest absolute Gasteiger partial charge is 0.489 e. The predicted octanol–water partition coefficient (Wildman–Crippen LogP) is 6.09. The highest BCUT2D eigenvalue weighted by Crippen LogP contribution is 2.27. The predicted molar refractivity (Wildman–Crippen MR) is 108 cm³/mol. The summed E-state index contributed by atoms with van der Waals surface area (Å²) in [5.41, 5.74) is 4.28. The summed E-state index contributed by atoms with van der Waals surface area (Å²) in [6.45, 7) is 6.12. The molecule has 0 atom stereocenters. The molecule has 0 bridgehead atoms. The van der Waals surface area contributed by atoms with Gasteiger partial charge in [-0.3, -0.25) is 4.79 Å². The number of carbonyl (C=O) groups is 1. The van der Waals surface area contributed by atoms with E-state index in [4.69, 9.17) is 4.74 Å². The molecule has 0 aliphatic carbocycles. The summed E-state index contributed by atoms with van der Waals surface area (Å²) in [4.78, 5) is 11.5. The molecule has 0 amide bonds. The van der Waals surface area contributed by atoms with Crippen molar-refractivity contribution in [2.75, 3.05) is 0 Å². The number of carbonyl (C=O) groups excluding carboxylic acids is 1. The maximum absolute atomic E-state index is 11.5. The summed E-state index contributed by atoms with van der Waals surface area (Å²) < 4.78 is 5.97. The van der Waals surface area contributed by atoms with Crippen LogP contribution >= 0.6 is 0 Å². The van der Waals surface area contributed by atoms with Gasteiger partial charge in [-0.2, -0.15) is 0 Å². The average Bonchev–Trinajstić information content (AvgIpc) is 2.69. The van der Waals surface area contributed by atoms with Crippen LogP contribution in [0.5, 0.6) is 5.75 Å². The number of ether oxygens (including phenoxy) is 1. The van der Waals surface area contributed by atoms with E-state index in [1.54, 1.807) is 6.92 Å². The van der Waals surface area contributed by atoms with Gasteiger partial charge in [0.1, 0.15) is 18.1 Å². The zero-order chi connectivity index (χ0) is 18.8. The smallest absolute Gasteiger partial charge is 0.134 e. The van der Waals surface area contributed by atoms with Crippen molar-refractivity contribution in [3.8, 4) is 16.9 Å². The minimum Gasteiger partial charge on any atom is -0.489 e. The lowest BCUT2D eigenvalue weighted by Gasteiger charge is -2.11. The molecule has 0 fully saturated rings. The van der Waals surface area contributed by atoms with E-state index in [9.17, 15) is 4.79 Å². The third-order valence-corrected chi connectivity index (χ3v) is 3.77. The monoisotopic (exact) mass is 346 g/mol. The first-order valence-corrected chi connectivity index (χ1v) is 9.06. The third kappa shape index (κ3) is 5.89. The number of hydrogen-bond donors (Lipinski definition) is 0. The lowest BCUT2D eigenvalue weighted by molar-refractivity contribution is -0.116. The Balaban J connectivity index is 0.00000117. The lowest BCUT2D eigenvalue weighted by atomic mass is 10.0. The van der Waals surface area contributed by atoms with Crippen LogP contribution in [0.3, 0.4) is 0 Å². The Kier molecular flexibility index (Phi) is 7.63. The molecule has 3 aromatic carbocycles. The zero-order valence-corrected chi connectivity index (χ0v) is 15.7. The molecule has 3 aromatic rings. The minimum absolute atomic E-state index is 0.147. The summed E-state index contributed by atoms with van der Waals surface area (Å²) in [7, 11) is 0. The van der Waals surface area contributed by atoms with Gasteiger partial charge in [0.2, 0.25) is 0 Å². The number of ketones is 1. The van der Waals surface area contributed by atoms with E-state index in [1.807, 2.05) is 74.5 Å². The van der Waals surface area contributed by atoms with Crippen LogP contribution in [0.4, 0.5) is 0 Å². The Hall–Kier alpha value is -2.87. The Morgan fingerprint density at radius 1 is 0.769 bits per heavy atom. The van der Waals surface area contributed by atoms with Crippen molar-refractivity contribution in [3.05, 3.63) is 90.0 Å². The van der Waals surface area contributed by atoms with Gasteiger partial charge in [0.25, 0.3) is 0 Å². The summed E-state index contributed by atoms with van der Waals surface area (Å²) in [5, 5.41) is 0. The number of hydrogen-bond acceptors (Lipinski definition) is 2. The van der Waals surface area contributed by atoms with Crippen molar-refractivity contribution in [1.29, 1.82) is 0 Å². The van der Waals surface area contributed by atoms with Crippen molar-refractivity contribution in [2.24, 2.45) is 0 Å². The first kappa shape index (κ1) is 19.5. The van der Waals surface area contributed by atoms with Crippen LogP contribution in [0.2, 0.25) is 0 Å². The highest BCUT2D eigenvalue weighted by molar-refractivity contribution is 5.79. The second-order valence-electron chi connectivity index (χ2n) is 5.88. The van der Waals surface area contributed by atoms with E-state index in [0.29, 0.717) is 13.0 Å². The molecule has 0 spiro atoms. The van der Waals surface area contributed by atoms with Gasteiger partial charge in [-0.15, -0.1) is 0 Å². The van der Waals surface area contributed by atoms with Gasteiger partial charge in [0.05, 0.1) is 0 Å². The molecular weight excluding hydrogens is 320 g/mol. The van der Waals surface area contributed by atoms with Gasteiger partial charge < -0.3 is 4.74 Å². The van der Waals surface area contributed by atoms with Gasteiger partial charge in [0, 0.05) is 6.42 Å². The molecule has 0 N–H and O–H groups in total. The van der Waals surface area contributed by atoms with E-state index in [1.165, 1.54) is 0 Å². The van der Waals surface area contributed by atoms with Crippen molar-refractivity contribution < 1.29 is 9.53 Å². The summed E-state index contributed by atoms with van der Waals surface area (Å²) in [5.74, 6) is 0.936. The Labute approximate surface area is 156 Å². The van der Waals surface area contributed by atoms with E-state index < -0.39 is 0 Å². The normalized spacial score (nSPS) is 9.81. The van der Waals surface area contributed by atoms with Crippen LogP contribution in [0, 0.1) is 0 Å². The van der Waals surface area contributed by atoms with Gasteiger partial charge in [0.15, 0.2) is 0 Å². The van der Waals surface area contributed by atoms with Gasteiger partial charge in [-0.1, -0.05) is 80.6 Å². The molecule has 0 heterocycles. The standard InChI is InChI=1S/C22H20O2.C2H6/c1-17(23)12-19-13-21(20-10-6-3-7-11-20)15-22(14-19)24-16-18-8-4-2-5-9-18;1-2/h2-11,13-15H,12,16H2,1H3;1-2H3. The number of rotatable bonds is 6. The maximum atomic E-state index is 11.5. The van der Waals surface area contributed by atoms with E-state index in [0.717, 1.165) is 28.0 Å². The van der Waals surface area contributed by atoms with Crippen LogP contribution in [0.25, 0.3) is 11.1 Å². The summed E-state index contributed by atoms with van der Waals surface area (Å²) >= 11 is 0. The second kappa shape index (κ2) is 10.2. The fourth-order valence-corrected chi connectivity index (χ4v) is 2.67. The molecular formula is C24H26O2. The molecule has 0 aromatic heterocycles. The van der Waals surface area contributed by atoms with Crippen molar-refractivity contribution in [2.45, 2.75) is 33.8 Å². The fourth-order valence-electron chi connectivity index (χ4n) is 2.67. The molecule has 0 aliphatic rings. The SMILES string of the molecule is CC.CC(=O)Cc1cc(OCc2ccccc2)cc(-c2ccccc2)c1. The molecule has 2 nitrogen and oxygen atoms in total. The molecule has 0 saturated carbocycles. The van der Waals surface area contributed by atoms with Crippen LogP contribution in [-0.2, 0) is 17.8 Å².